The fourth-order valence-electron chi connectivity index (χ4n) is 2.63. The molecule has 1 heterocycles. The van der Waals surface area contributed by atoms with Crippen molar-refractivity contribution in [3.63, 3.8) is 0 Å². The van der Waals surface area contributed by atoms with Gasteiger partial charge in [-0.1, -0.05) is 30.3 Å². The maximum Gasteiger partial charge on any atom is 0.331 e. The SMILES string of the molecule is COc1ccc(/C=C/C(=O)OCC(=O)N[C@@H](C)c2cc3ccccc3o2)cc1. The third-order valence-electron chi connectivity index (χ3n) is 4.12. The fraction of sp³-hybridized carbons (Fsp3) is 0.182. The molecule has 6 nitrogen and oxygen atoms in total. The number of rotatable bonds is 7. The predicted octanol–water partition coefficient (Wildman–Crippen LogP) is 3.88. The number of amides is 1. The van der Waals surface area contributed by atoms with Crippen LogP contribution in [0.2, 0.25) is 0 Å². The summed E-state index contributed by atoms with van der Waals surface area (Å²) in [5.41, 5.74) is 1.58. The van der Waals surface area contributed by atoms with E-state index < -0.39 is 11.9 Å². The lowest BCUT2D eigenvalue weighted by molar-refractivity contribution is -0.144. The Morgan fingerprint density at radius 3 is 2.61 bits per heavy atom. The summed E-state index contributed by atoms with van der Waals surface area (Å²) in [6.07, 6.45) is 2.88. The summed E-state index contributed by atoms with van der Waals surface area (Å²) >= 11 is 0. The van der Waals surface area contributed by atoms with Gasteiger partial charge in [0.05, 0.1) is 13.2 Å². The third-order valence-corrected chi connectivity index (χ3v) is 4.12. The van der Waals surface area contributed by atoms with Gasteiger partial charge in [-0.25, -0.2) is 4.79 Å². The van der Waals surface area contributed by atoms with Crippen molar-refractivity contribution in [2.24, 2.45) is 0 Å². The lowest BCUT2D eigenvalue weighted by Crippen LogP contribution is -2.30. The number of benzene rings is 2. The summed E-state index contributed by atoms with van der Waals surface area (Å²) in [6.45, 7) is 1.44. The van der Waals surface area contributed by atoms with Crippen LogP contribution in [0, 0.1) is 0 Å². The minimum absolute atomic E-state index is 0.339. The first-order chi connectivity index (χ1) is 13.5. The Morgan fingerprint density at radius 1 is 1.14 bits per heavy atom. The van der Waals surface area contributed by atoms with Gasteiger partial charge < -0.3 is 19.2 Å². The summed E-state index contributed by atoms with van der Waals surface area (Å²) in [6, 6.07) is 16.3. The first kappa shape index (κ1) is 19.2. The van der Waals surface area contributed by atoms with Crippen LogP contribution in [0.15, 0.2) is 65.1 Å². The average Bonchev–Trinajstić information content (AvgIpc) is 3.15. The van der Waals surface area contributed by atoms with Gasteiger partial charge in [0.25, 0.3) is 5.91 Å². The van der Waals surface area contributed by atoms with Crippen LogP contribution < -0.4 is 10.1 Å². The van der Waals surface area contributed by atoms with E-state index in [1.165, 1.54) is 6.08 Å². The zero-order chi connectivity index (χ0) is 19.9. The second-order valence-electron chi connectivity index (χ2n) is 6.19. The molecule has 0 bridgehead atoms. The van der Waals surface area contributed by atoms with Crippen molar-refractivity contribution in [1.82, 2.24) is 5.32 Å². The molecule has 0 unspecified atom stereocenters. The van der Waals surface area contributed by atoms with Crippen LogP contribution in [0.5, 0.6) is 5.75 Å². The Balaban J connectivity index is 1.47. The molecule has 1 amide bonds. The lowest BCUT2D eigenvalue weighted by Gasteiger charge is -2.11. The van der Waals surface area contributed by atoms with Gasteiger partial charge in [-0.2, -0.15) is 0 Å². The van der Waals surface area contributed by atoms with Gasteiger partial charge in [0.1, 0.15) is 17.1 Å². The van der Waals surface area contributed by atoms with Gasteiger partial charge in [0.2, 0.25) is 0 Å². The van der Waals surface area contributed by atoms with Crippen molar-refractivity contribution < 1.29 is 23.5 Å². The van der Waals surface area contributed by atoms with E-state index in [-0.39, 0.29) is 12.6 Å². The van der Waals surface area contributed by atoms with Crippen molar-refractivity contribution in [2.45, 2.75) is 13.0 Å². The van der Waals surface area contributed by atoms with Crippen LogP contribution >= 0.6 is 0 Å². The number of carbonyl (C=O) groups excluding carboxylic acids is 2. The molecule has 1 atom stereocenters. The summed E-state index contributed by atoms with van der Waals surface area (Å²) in [4.78, 5) is 23.8. The maximum atomic E-state index is 12.0. The van der Waals surface area contributed by atoms with E-state index in [2.05, 4.69) is 5.32 Å². The van der Waals surface area contributed by atoms with E-state index in [4.69, 9.17) is 13.9 Å². The van der Waals surface area contributed by atoms with Gasteiger partial charge in [-0.05, 0) is 42.8 Å². The summed E-state index contributed by atoms with van der Waals surface area (Å²) in [5, 5.41) is 3.72. The number of esters is 1. The minimum atomic E-state index is -0.595. The smallest absolute Gasteiger partial charge is 0.331 e. The normalized spacial score (nSPS) is 12.1. The molecule has 144 valence electrons. The highest BCUT2D eigenvalue weighted by Gasteiger charge is 2.15. The van der Waals surface area contributed by atoms with Crippen molar-refractivity contribution in [1.29, 1.82) is 0 Å². The Morgan fingerprint density at radius 2 is 1.89 bits per heavy atom. The molecule has 6 heteroatoms. The van der Waals surface area contributed by atoms with Crippen molar-refractivity contribution in [2.75, 3.05) is 13.7 Å². The summed E-state index contributed by atoms with van der Waals surface area (Å²) in [7, 11) is 1.59. The van der Waals surface area contributed by atoms with Gasteiger partial charge in [0, 0.05) is 11.5 Å². The Bertz CT molecular complexity index is 955. The Hall–Kier alpha value is -3.54. The lowest BCUT2D eigenvalue weighted by atomic mass is 10.2. The van der Waals surface area contributed by atoms with Gasteiger partial charge in [0.15, 0.2) is 6.61 Å². The van der Waals surface area contributed by atoms with Crippen LogP contribution in [-0.2, 0) is 14.3 Å². The highest BCUT2D eigenvalue weighted by molar-refractivity contribution is 5.89. The number of carbonyl (C=O) groups is 2. The van der Waals surface area contributed by atoms with E-state index in [1.807, 2.05) is 42.5 Å². The molecule has 0 aliphatic carbocycles. The second-order valence-corrected chi connectivity index (χ2v) is 6.19. The number of fused-ring (bicyclic) bond motifs is 1. The van der Waals surface area contributed by atoms with Crippen LogP contribution in [0.25, 0.3) is 17.0 Å². The zero-order valence-corrected chi connectivity index (χ0v) is 15.7. The number of hydrogen-bond donors (Lipinski definition) is 1. The first-order valence-corrected chi connectivity index (χ1v) is 8.82. The minimum Gasteiger partial charge on any atom is -0.497 e. The van der Waals surface area contributed by atoms with Crippen LogP contribution in [0.1, 0.15) is 24.3 Å². The van der Waals surface area contributed by atoms with Crippen LogP contribution in [-0.4, -0.2) is 25.6 Å². The molecular formula is C22H21NO5. The number of hydrogen-bond acceptors (Lipinski definition) is 5. The van der Waals surface area contributed by atoms with Gasteiger partial charge >= 0.3 is 5.97 Å². The van der Waals surface area contributed by atoms with Gasteiger partial charge in [-0.3, -0.25) is 4.79 Å². The summed E-state index contributed by atoms with van der Waals surface area (Å²) in [5.74, 6) is 0.372. The molecule has 0 saturated carbocycles. The average molecular weight is 379 g/mol. The third kappa shape index (κ3) is 5.01. The highest BCUT2D eigenvalue weighted by atomic mass is 16.5. The highest BCUT2D eigenvalue weighted by Crippen LogP contribution is 2.23. The molecule has 2 aromatic carbocycles. The summed E-state index contributed by atoms with van der Waals surface area (Å²) < 4.78 is 15.8. The van der Waals surface area contributed by atoms with Crippen molar-refractivity contribution in [3.05, 3.63) is 72.0 Å². The second kappa shape index (κ2) is 8.90. The molecule has 0 spiro atoms. The quantitative estimate of drug-likeness (QED) is 0.498. The predicted molar refractivity (Wildman–Crippen MR) is 106 cm³/mol. The number of ether oxygens (including phenoxy) is 2. The van der Waals surface area contributed by atoms with Crippen LogP contribution in [0.4, 0.5) is 0 Å². The maximum absolute atomic E-state index is 12.0. The zero-order valence-electron chi connectivity index (χ0n) is 15.7. The first-order valence-electron chi connectivity index (χ1n) is 8.82. The van der Waals surface area contributed by atoms with E-state index in [0.29, 0.717) is 5.76 Å². The van der Waals surface area contributed by atoms with Crippen molar-refractivity contribution >= 4 is 28.9 Å². The topological polar surface area (TPSA) is 77.8 Å². The van der Waals surface area contributed by atoms with E-state index in [9.17, 15) is 9.59 Å². The fourth-order valence-corrected chi connectivity index (χ4v) is 2.63. The molecule has 28 heavy (non-hydrogen) atoms. The Labute approximate surface area is 162 Å². The van der Waals surface area contributed by atoms with Crippen molar-refractivity contribution in [3.8, 4) is 5.75 Å². The molecular weight excluding hydrogens is 358 g/mol. The molecule has 0 fully saturated rings. The van der Waals surface area contributed by atoms with E-state index >= 15 is 0 Å². The largest absolute Gasteiger partial charge is 0.497 e. The van der Waals surface area contributed by atoms with Crippen LogP contribution in [0.3, 0.4) is 0 Å². The molecule has 0 aliphatic heterocycles. The van der Waals surface area contributed by atoms with E-state index in [0.717, 1.165) is 22.3 Å². The molecule has 0 aliphatic rings. The Kier molecular flexibility index (Phi) is 6.11. The molecule has 0 radical (unpaired) electrons. The molecule has 0 saturated heterocycles. The molecule has 3 rings (SSSR count). The van der Waals surface area contributed by atoms with Gasteiger partial charge in [-0.15, -0.1) is 0 Å². The molecule has 1 N–H and O–H groups in total. The van der Waals surface area contributed by atoms with E-state index in [1.54, 1.807) is 32.2 Å². The molecule has 3 aromatic rings. The monoisotopic (exact) mass is 379 g/mol. The number of para-hydroxylation sites is 1. The number of furan rings is 1. The standard InChI is InChI=1S/C22H21NO5/c1-15(20-13-17-5-3-4-6-19(17)28-20)23-21(24)14-27-22(25)12-9-16-7-10-18(26-2)11-8-16/h3-13,15H,14H2,1-2H3,(H,23,24)/b12-9+/t15-/m0/s1. The number of nitrogens with one attached hydrogen (secondary N) is 1. The number of methoxy groups -OCH3 is 1. The molecule has 1 aromatic heterocycles.